The minimum atomic E-state index is -1.24. The van der Waals surface area contributed by atoms with E-state index in [1.807, 2.05) is 6.21 Å². The van der Waals surface area contributed by atoms with Crippen LogP contribution >= 0.6 is 0 Å². The molecule has 0 spiro atoms. The molecule has 1 unspecified atom stereocenters. The molecule has 1 saturated carbocycles. The van der Waals surface area contributed by atoms with Gasteiger partial charge in [-0.1, -0.05) is 32.1 Å². The summed E-state index contributed by atoms with van der Waals surface area (Å²) < 4.78 is 7.02. The van der Waals surface area contributed by atoms with Crippen LogP contribution in [0.2, 0.25) is 0 Å². The number of hydrogen-bond donors (Lipinski definition) is 5. The summed E-state index contributed by atoms with van der Waals surface area (Å²) in [5.74, 6) is 1.03. The largest absolute Gasteiger partial charge is 0.394 e. The first-order valence-corrected chi connectivity index (χ1v) is 9.98. The van der Waals surface area contributed by atoms with Crippen molar-refractivity contribution < 1.29 is 20.1 Å². The van der Waals surface area contributed by atoms with Crippen LogP contribution < -0.4 is 11.2 Å². The number of nitrogens with two attached hydrogens (primary N) is 1. The summed E-state index contributed by atoms with van der Waals surface area (Å²) in [5.41, 5.74) is 9.47. The van der Waals surface area contributed by atoms with Crippen LogP contribution in [0, 0.1) is 5.92 Å². The summed E-state index contributed by atoms with van der Waals surface area (Å²) in [7, 11) is 0. The van der Waals surface area contributed by atoms with Gasteiger partial charge in [-0.3, -0.25) is 4.57 Å². The number of nitrogens with one attached hydrogen (secondary N) is 1. The molecule has 11 nitrogen and oxygen atoms in total. The van der Waals surface area contributed by atoms with Gasteiger partial charge in [0.15, 0.2) is 17.7 Å². The minimum Gasteiger partial charge on any atom is -0.394 e. The zero-order valence-corrected chi connectivity index (χ0v) is 16.1. The number of nitrogens with zero attached hydrogens (tertiary/aromatic N) is 5. The van der Waals surface area contributed by atoms with E-state index in [2.05, 4.69) is 25.5 Å². The molecule has 2 fully saturated rings. The van der Waals surface area contributed by atoms with E-state index in [1.54, 1.807) is 0 Å². The first-order valence-electron chi connectivity index (χ1n) is 9.98. The number of rotatable bonds is 6. The highest BCUT2D eigenvalue weighted by molar-refractivity contribution is 5.83. The molecular weight excluding hydrogens is 378 g/mol. The van der Waals surface area contributed by atoms with Crippen LogP contribution in [0.1, 0.15) is 44.8 Å². The summed E-state index contributed by atoms with van der Waals surface area (Å²) in [5, 5.41) is 33.8. The van der Waals surface area contributed by atoms with Crippen molar-refractivity contribution in [3.05, 3.63) is 6.33 Å². The zero-order valence-electron chi connectivity index (χ0n) is 16.1. The van der Waals surface area contributed by atoms with E-state index >= 15 is 0 Å². The molecule has 4 atom stereocenters. The Bertz CT molecular complexity index is 867. The van der Waals surface area contributed by atoms with Crippen LogP contribution in [-0.2, 0) is 4.74 Å². The van der Waals surface area contributed by atoms with Crippen molar-refractivity contribution in [3.63, 3.8) is 0 Å². The lowest BCUT2D eigenvalue weighted by atomic mass is 9.87. The van der Waals surface area contributed by atoms with Gasteiger partial charge in [0.25, 0.3) is 0 Å². The van der Waals surface area contributed by atoms with Crippen LogP contribution in [-0.4, -0.2) is 66.0 Å². The van der Waals surface area contributed by atoms with Crippen molar-refractivity contribution in [2.75, 3.05) is 17.8 Å². The van der Waals surface area contributed by atoms with Crippen LogP contribution in [0.25, 0.3) is 11.2 Å². The molecule has 11 heteroatoms. The number of hydrogen-bond acceptors (Lipinski definition) is 10. The standard InChI is InChI=1S/C18H27N7O4/c19-15-12-16(25(9-20-12)17-14(28)13(27)11(8-26)29-17)23-18(22-15)24-21-7-6-10-4-2-1-3-5-10/h7,9-11,13-14,17,26-28H,1-6,8H2,(H3,19,22,23,24)/b21-7+/t11-,13-,14-,17?/m1/s1. The Morgan fingerprint density at radius 2 is 2.03 bits per heavy atom. The maximum absolute atomic E-state index is 10.3. The Hall–Kier alpha value is -2.34. The van der Waals surface area contributed by atoms with Crippen molar-refractivity contribution in [1.82, 2.24) is 19.5 Å². The Labute approximate surface area is 167 Å². The van der Waals surface area contributed by atoms with Gasteiger partial charge >= 0.3 is 0 Å². The summed E-state index contributed by atoms with van der Waals surface area (Å²) in [4.78, 5) is 12.7. The molecule has 158 valence electrons. The predicted octanol–water partition coefficient (Wildman–Crippen LogP) is 0.388. The van der Waals surface area contributed by atoms with E-state index in [-0.39, 0.29) is 11.8 Å². The third-order valence-corrected chi connectivity index (χ3v) is 5.66. The topological polar surface area (TPSA) is 164 Å². The predicted molar refractivity (Wildman–Crippen MR) is 106 cm³/mol. The number of aliphatic hydroxyl groups excluding tert-OH is 3. The Morgan fingerprint density at radius 1 is 1.24 bits per heavy atom. The number of imidazole rings is 1. The highest BCUT2D eigenvalue weighted by Gasteiger charge is 2.44. The maximum Gasteiger partial charge on any atom is 0.247 e. The second-order valence-corrected chi connectivity index (χ2v) is 7.65. The summed E-state index contributed by atoms with van der Waals surface area (Å²) in [6.45, 7) is -0.416. The average molecular weight is 405 g/mol. The van der Waals surface area contributed by atoms with Crippen LogP contribution in [0.15, 0.2) is 11.4 Å². The summed E-state index contributed by atoms with van der Waals surface area (Å²) in [6, 6.07) is 0. The molecule has 1 aliphatic heterocycles. The smallest absolute Gasteiger partial charge is 0.247 e. The fourth-order valence-corrected chi connectivity index (χ4v) is 4.01. The van der Waals surface area contributed by atoms with Gasteiger partial charge in [-0.05, 0) is 12.3 Å². The minimum absolute atomic E-state index is 0.158. The maximum atomic E-state index is 10.3. The van der Waals surface area contributed by atoms with Crippen molar-refractivity contribution in [3.8, 4) is 0 Å². The number of hydrazone groups is 1. The lowest BCUT2D eigenvalue weighted by Crippen LogP contribution is -2.33. The van der Waals surface area contributed by atoms with Gasteiger partial charge in [0.2, 0.25) is 5.95 Å². The molecule has 2 aliphatic rings. The Balaban J connectivity index is 1.51. The lowest BCUT2D eigenvalue weighted by Gasteiger charge is -2.19. The monoisotopic (exact) mass is 405 g/mol. The number of anilines is 2. The number of ether oxygens (including phenoxy) is 1. The fraction of sp³-hybridized carbons (Fsp3) is 0.667. The average Bonchev–Trinajstić information content (AvgIpc) is 3.28. The molecule has 0 aromatic carbocycles. The van der Waals surface area contributed by atoms with E-state index in [9.17, 15) is 15.3 Å². The Morgan fingerprint density at radius 3 is 2.76 bits per heavy atom. The van der Waals surface area contributed by atoms with Gasteiger partial charge in [0.1, 0.15) is 23.8 Å². The van der Waals surface area contributed by atoms with Crippen molar-refractivity contribution in [2.24, 2.45) is 11.0 Å². The van der Waals surface area contributed by atoms with Gasteiger partial charge in [0.05, 0.1) is 12.9 Å². The molecule has 6 N–H and O–H groups in total. The quantitative estimate of drug-likeness (QED) is 0.338. The molecule has 29 heavy (non-hydrogen) atoms. The first-order chi connectivity index (χ1) is 14.1. The van der Waals surface area contributed by atoms with Crippen LogP contribution in [0.4, 0.5) is 11.8 Å². The number of nitrogen functional groups attached to an aromatic ring is 1. The van der Waals surface area contributed by atoms with Gasteiger partial charge in [-0.25, -0.2) is 10.4 Å². The molecule has 2 aromatic heterocycles. The number of fused-ring (bicyclic) bond motifs is 1. The van der Waals surface area contributed by atoms with E-state index in [4.69, 9.17) is 10.5 Å². The molecule has 2 aromatic rings. The molecule has 3 heterocycles. The SMILES string of the molecule is Nc1nc(N/N=C/CC2CCCCC2)nc2c1ncn2C1O[C@H](CO)[C@@H](O)[C@H]1O. The summed E-state index contributed by atoms with van der Waals surface area (Å²) >= 11 is 0. The van der Waals surface area contributed by atoms with Gasteiger partial charge in [-0.2, -0.15) is 15.1 Å². The highest BCUT2D eigenvalue weighted by atomic mass is 16.6. The second-order valence-electron chi connectivity index (χ2n) is 7.65. The van der Waals surface area contributed by atoms with E-state index in [0.29, 0.717) is 17.1 Å². The summed E-state index contributed by atoms with van der Waals surface area (Å²) in [6.07, 6.45) is 6.21. The van der Waals surface area contributed by atoms with Crippen molar-refractivity contribution in [2.45, 2.75) is 63.1 Å². The van der Waals surface area contributed by atoms with E-state index in [0.717, 1.165) is 6.42 Å². The third kappa shape index (κ3) is 4.04. The molecular formula is C18H27N7O4. The van der Waals surface area contributed by atoms with E-state index < -0.39 is 31.1 Å². The molecule has 4 rings (SSSR count). The van der Waals surface area contributed by atoms with Gasteiger partial charge in [-0.15, -0.1) is 0 Å². The fourth-order valence-electron chi connectivity index (χ4n) is 4.01. The lowest BCUT2D eigenvalue weighted by molar-refractivity contribution is -0.0511. The second kappa shape index (κ2) is 8.57. The normalized spacial score (nSPS) is 28.5. The molecule has 0 amide bonds. The Kier molecular flexibility index (Phi) is 5.90. The van der Waals surface area contributed by atoms with Gasteiger partial charge < -0.3 is 25.8 Å². The third-order valence-electron chi connectivity index (χ3n) is 5.66. The molecule has 0 bridgehead atoms. The molecule has 1 saturated heterocycles. The number of aromatic nitrogens is 4. The first kappa shape index (κ1) is 20.0. The zero-order chi connectivity index (χ0) is 20.4. The molecule has 1 aliphatic carbocycles. The van der Waals surface area contributed by atoms with Crippen molar-refractivity contribution >= 4 is 29.1 Å². The van der Waals surface area contributed by atoms with Gasteiger partial charge in [0, 0.05) is 6.21 Å². The van der Waals surface area contributed by atoms with Crippen molar-refractivity contribution in [1.29, 1.82) is 0 Å². The van der Waals surface area contributed by atoms with Crippen LogP contribution in [0.5, 0.6) is 0 Å². The highest BCUT2D eigenvalue weighted by Crippen LogP contribution is 2.32. The van der Waals surface area contributed by atoms with E-state index in [1.165, 1.54) is 43.0 Å². The molecule has 0 radical (unpaired) electrons. The van der Waals surface area contributed by atoms with Crippen LogP contribution in [0.3, 0.4) is 0 Å². The number of aliphatic hydroxyl groups is 3.